The number of allylic oxidation sites excluding steroid dienone is 1. The lowest BCUT2D eigenvalue weighted by molar-refractivity contribution is -0.386. The number of hydrogen-bond acceptors (Lipinski definition) is 13. The molecule has 18 heteroatoms. The summed E-state index contributed by atoms with van der Waals surface area (Å²) in [5, 5.41) is 14.0. The number of ether oxygens (including phenoxy) is 3. The number of aromatic nitrogens is 2. The second-order valence-electron chi connectivity index (χ2n) is 19.9. The number of amides is 1. The van der Waals surface area contributed by atoms with Crippen LogP contribution in [0.3, 0.4) is 0 Å². The highest BCUT2D eigenvalue weighted by atomic mass is 35.5. The van der Waals surface area contributed by atoms with Crippen molar-refractivity contribution in [1.82, 2.24) is 29.4 Å². The molecule has 10 rings (SSSR count). The highest BCUT2D eigenvalue weighted by Gasteiger charge is 2.35. The molecule has 0 saturated carbocycles. The second-order valence-corrected chi connectivity index (χ2v) is 22.0. The van der Waals surface area contributed by atoms with Crippen LogP contribution in [0.4, 0.5) is 11.4 Å². The van der Waals surface area contributed by atoms with Gasteiger partial charge in [-0.15, -0.1) is 0 Å². The number of halogens is 1. The van der Waals surface area contributed by atoms with Gasteiger partial charge in [0.25, 0.3) is 21.6 Å². The molecule has 4 aliphatic heterocycles. The Hall–Kier alpha value is -5.56. The van der Waals surface area contributed by atoms with Crippen molar-refractivity contribution in [2.24, 2.45) is 11.3 Å². The van der Waals surface area contributed by atoms with E-state index in [4.69, 9.17) is 25.8 Å². The van der Waals surface area contributed by atoms with Crippen molar-refractivity contribution in [3.05, 3.63) is 117 Å². The number of hydrogen-bond donors (Lipinski definition) is 2. The average Bonchev–Trinajstić information content (AvgIpc) is 3.79. The number of nitro groups is 1. The summed E-state index contributed by atoms with van der Waals surface area (Å²) < 4.78 is 48.0. The van der Waals surface area contributed by atoms with E-state index >= 15 is 0 Å². The molecule has 3 saturated heterocycles. The Labute approximate surface area is 407 Å². The van der Waals surface area contributed by atoms with Gasteiger partial charge in [0, 0.05) is 99.4 Å². The van der Waals surface area contributed by atoms with Crippen molar-refractivity contribution >= 4 is 55.5 Å². The van der Waals surface area contributed by atoms with E-state index in [1.807, 2.05) is 18.2 Å². The topological polar surface area (TPSA) is 176 Å². The lowest BCUT2D eigenvalue weighted by Crippen LogP contribution is -2.56. The monoisotopic (exact) mass is 978 g/mol. The number of carbonyl (C=O) groups is 1. The van der Waals surface area contributed by atoms with Crippen LogP contribution < -0.4 is 19.1 Å². The summed E-state index contributed by atoms with van der Waals surface area (Å²) in [5.74, 6) is -0.324. The molecule has 1 aliphatic carbocycles. The molecular formula is C51H59ClN8O8S. The van der Waals surface area contributed by atoms with Gasteiger partial charge in [0.2, 0.25) is 0 Å². The Balaban J connectivity index is 0.837. The summed E-state index contributed by atoms with van der Waals surface area (Å²) in [7, 11) is -4.63. The third kappa shape index (κ3) is 10.6. The van der Waals surface area contributed by atoms with E-state index < -0.39 is 25.7 Å². The minimum absolute atomic E-state index is 0.0239. The normalized spacial score (nSPS) is 20.6. The number of anilines is 1. The minimum Gasteiger partial charge on any atom is -0.493 e. The largest absolute Gasteiger partial charge is 0.493 e. The van der Waals surface area contributed by atoms with Crippen LogP contribution in [-0.4, -0.2) is 135 Å². The number of sulfonamides is 1. The van der Waals surface area contributed by atoms with Gasteiger partial charge in [0.05, 0.1) is 53.0 Å². The van der Waals surface area contributed by atoms with Crippen LogP contribution in [0.5, 0.6) is 17.2 Å². The Bertz CT molecular complexity index is 2870. The first-order valence-electron chi connectivity index (χ1n) is 24.0. The predicted molar refractivity (Wildman–Crippen MR) is 265 cm³/mol. The number of fused-ring (bicyclic) bond motifs is 2. The molecule has 0 bridgehead atoms. The Kier molecular flexibility index (Phi) is 13.4. The number of benzene rings is 3. The van der Waals surface area contributed by atoms with Gasteiger partial charge in [-0.05, 0) is 97.5 Å². The van der Waals surface area contributed by atoms with Crippen LogP contribution in [0.2, 0.25) is 5.02 Å². The van der Waals surface area contributed by atoms with Crippen LogP contribution in [0.25, 0.3) is 16.6 Å². The first-order chi connectivity index (χ1) is 33.2. The molecule has 3 aromatic carbocycles. The third-order valence-electron chi connectivity index (χ3n) is 14.6. The van der Waals surface area contributed by atoms with Gasteiger partial charge >= 0.3 is 0 Å². The van der Waals surface area contributed by atoms with Gasteiger partial charge in [-0.3, -0.25) is 24.7 Å². The van der Waals surface area contributed by atoms with Crippen LogP contribution in [0, 0.1) is 21.4 Å². The molecule has 69 heavy (non-hydrogen) atoms. The van der Waals surface area contributed by atoms with E-state index in [0.29, 0.717) is 36.0 Å². The molecule has 5 aliphatic rings. The van der Waals surface area contributed by atoms with Crippen molar-refractivity contribution in [2.45, 2.75) is 56.9 Å². The summed E-state index contributed by atoms with van der Waals surface area (Å²) in [5.41, 5.74) is 5.76. The molecule has 364 valence electrons. The Morgan fingerprint density at radius 3 is 2.48 bits per heavy atom. The zero-order chi connectivity index (χ0) is 47.9. The summed E-state index contributed by atoms with van der Waals surface area (Å²) in [6.45, 7) is 15.3. The van der Waals surface area contributed by atoms with Gasteiger partial charge in [-0.25, -0.2) is 18.1 Å². The van der Waals surface area contributed by atoms with Crippen molar-refractivity contribution in [3.8, 4) is 17.2 Å². The van der Waals surface area contributed by atoms with E-state index in [0.717, 1.165) is 127 Å². The summed E-state index contributed by atoms with van der Waals surface area (Å²) >= 11 is 6.26. The highest BCUT2D eigenvalue weighted by Crippen LogP contribution is 2.44. The molecule has 0 spiro atoms. The van der Waals surface area contributed by atoms with Gasteiger partial charge in [0.1, 0.15) is 22.9 Å². The first-order valence-corrected chi connectivity index (χ1v) is 25.8. The number of nitrogens with one attached hydrogen (secondary N) is 2. The third-order valence-corrected chi connectivity index (χ3v) is 16.2. The van der Waals surface area contributed by atoms with Crippen molar-refractivity contribution in [3.63, 3.8) is 0 Å². The van der Waals surface area contributed by atoms with Crippen molar-refractivity contribution in [1.29, 1.82) is 0 Å². The fourth-order valence-corrected chi connectivity index (χ4v) is 11.5. The predicted octanol–water partition coefficient (Wildman–Crippen LogP) is 7.78. The van der Waals surface area contributed by atoms with Crippen molar-refractivity contribution in [2.75, 3.05) is 90.2 Å². The van der Waals surface area contributed by atoms with Gasteiger partial charge in [0.15, 0.2) is 0 Å². The smallest absolute Gasteiger partial charge is 0.277 e. The number of piperazine rings is 2. The molecule has 2 N–H and O–H groups in total. The lowest BCUT2D eigenvalue weighted by Gasteiger charge is -2.42. The summed E-state index contributed by atoms with van der Waals surface area (Å²) in [6.07, 6.45) is 7.66. The molecule has 0 unspecified atom stereocenters. The number of rotatable bonds is 14. The maximum absolute atomic E-state index is 14.1. The molecule has 2 aromatic heterocycles. The van der Waals surface area contributed by atoms with E-state index in [1.54, 1.807) is 30.5 Å². The van der Waals surface area contributed by atoms with Crippen LogP contribution in [-0.2, 0) is 21.2 Å². The van der Waals surface area contributed by atoms with Gasteiger partial charge in [-0.1, -0.05) is 43.2 Å². The molecular weight excluding hydrogens is 920 g/mol. The van der Waals surface area contributed by atoms with Crippen molar-refractivity contribution < 1.29 is 32.3 Å². The molecule has 1 amide bonds. The van der Waals surface area contributed by atoms with Gasteiger partial charge in [-0.2, -0.15) is 0 Å². The SMILES string of the molecule is CC1(C)CCC(CN2CCN(c3ccc(C(=O)NS(=O)(=O)c4cc5c(c([N+](=O)[O-])c4)C[C@H](CCN4CCN(C6COC6)CC4)CO5)c(Oc4cnc5[nH]ccc5c4)c3)CC2)=C(c2ccc(Cl)cc2)C1. The van der Waals surface area contributed by atoms with E-state index in [9.17, 15) is 23.3 Å². The molecule has 1 atom stereocenters. The number of nitro benzene ring substituents is 1. The van der Waals surface area contributed by atoms with Crippen LogP contribution >= 0.6 is 11.6 Å². The molecule has 3 fully saturated rings. The quantitative estimate of drug-likeness (QED) is 0.0816. The standard InChI is InChI=1S/C51H59ClN8O8S/c1-51(2)12-9-37(45(28-51)35-3-5-38(52)6-4-35)30-57-17-21-58(22-18-57)39-7-8-43(48(25-39)68-41-24-36-10-13-53-49(36)54-29-41)50(61)55-69(64,65)42-26-46(60(62)63)44-23-34(31-67-47(44)27-42)11-14-56-15-19-59(20-16-56)40-32-66-33-40/h3-8,10,13,24-27,29,34,40H,9,11-12,14-23,28,30-33H2,1-2H3,(H,53,54)(H,55,61)/t34-/m0/s1. The zero-order valence-electron chi connectivity index (χ0n) is 39.1. The Morgan fingerprint density at radius 1 is 0.971 bits per heavy atom. The molecule has 0 radical (unpaired) electrons. The lowest BCUT2D eigenvalue weighted by atomic mass is 9.72. The fraction of sp³-hybridized carbons (Fsp3) is 0.451. The zero-order valence-corrected chi connectivity index (χ0v) is 40.7. The molecule has 6 heterocycles. The van der Waals surface area contributed by atoms with E-state index in [2.05, 4.69) is 60.3 Å². The van der Waals surface area contributed by atoms with Crippen LogP contribution in [0.15, 0.2) is 89.6 Å². The number of H-pyrrole nitrogens is 1. The van der Waals surface area contributed by atoms with E-state index in [1.165, 1.54) is 29.0 Å². The maximum atomic E-state index is 14.1. The maximum Gasteiger partial charge on any atom is 0.277 e. The Morgan fingerprint density at radius 2 is 1.74 bits per heavy atom. The highest BCUT2D eigenvalue weighted by molar-refractivity contribution is 7.90. The average molecular weight is 980 g/mol. The first kappa shape index (κ1) is 47.1. The number of carbonyl (C=O) groups excluding carboxylic acids is 1. The number of nitrogens with zero attached hydrogens (tertiary/aromatic N) is 6. The second kappa shape index (κ2) is 19.7. The fourth-order valence-electron chi connectivity index (χ4n) is 10.4. The van der Waals surface area contributed by atoms with E-state index in [-0.39, 0.29) is 34.1 Å². The van der Waals surface area contributed by atoms with Crippen LogP contribution in [0.1, 0.15) is 61.0 Å². The molecule has 5 aromatic rings. The summed E-state index contributed by atoms with van der Waals surface area (Å²) in [4.78, 5) is 42.7. The minimum atomic E-state index is -4.63. The molecule has 16 nitrogen and oxygen atoms in total. The number of aromatic amines is 1. The summed E-state index contributed by atoms with van der Waals surface area (Å²) in [6, 6.07) is 19.7. The number of pyridine rings is 1. The van der Waals surface area contributed by atoms with Gasteiger partial charge < -0.3 is 29.0 Å².